The highest BCUT2D eigenvalue weighted by atomic mass is 32.2. The van der Waals surface area contributed by atoms with E-state index in [9.17, 15) is 23.1 Å². The molecule has 1 atom stereocenters. The molecule has 1 amide bonds. The zero-order valence-corrected chi connectivity index (χ0v) is 13.9. The van der Waals surface area contributed by atoms with Crippen molar-refractivity contribution in [3.63, 3.8) is 0 Å². The van der Waals surface area contributed by atoms with E-state index in [1.165, 1.54) is 4.90 Å². The van der Waals surface area contributed by atoms with E-state index < -0.39 is 34.4 Å². The minimum atomic E-state index is -3.88. The quantitative estimate of drug-likeness (QED) is 0.700. The number of rotatable bonds is 7. The van der Waals surface area contributed by atoms with Gasteiger partial charge in [0.2, 0.25) is 15.9 Å². The van der Waals surface area contributed by atoms with Gasteiger partial charge in [0.25, 0.3) is 0 Å². The molecule has 132 valence electrons. The van der Waals surface area contributed by atoms with E-state index in [-0.39, 0.29) is 5.75 Å². The van der Waals surface area contributed by atoms with E-state index in [0.29, 0.717) is 31.9 Å². The first kappa shape index (κ1) is 18.4. The maximum absolute atomic E-state index is 12.2. The summed E-state index contributed by atoms with van der Waals surface area (Å²) in [6, 6.07) is 6.92. The Morgan fingerprint density at radius 3 is 2.42 bits per heavy atom. The molecule has 0 bridgehead atoms. The number of hydrogen-bond acceptors (Lipinski definition) is 5. The van der Waals surface area contributed by atoms with Crippen LogP contribution < -0.4 is 4.72 Å². The van der Waals surface area contributed by atoms with E-state index in [2.05, 4.69) is 4.72 Å². The Balaban J connectivity index is 1.99. The molecule has 1 fully saturated rings. The van der Waals surface area contributed by atoms with Gasteiger partial charge in [-0.2, -0.15) is 0 Å². The fraction of sp³-hybridized carbons (Fsp3) is 0.467. The van der Waals surface area contributed by atoms with Crippen molar-refractivity contribution in [2.24, 2.45) is 0 Å². The van der Waals surface area contributed by atoms with Crippen molar-refractivity contribution in [3.05, 3.63) is 35.9 Å². The van der Waals surface area contributed by atoms with Crippen LogP contribution in [0.2, 0.25) is 0 Å². The second kappa shape index (κ2) is 8.22. The first-order valence-electron chi connectivity index (χ1n) is 7.49. The van der Waals surface area contributed by atoms with Gasteiger partial charge in [-0.3, -0.25) is 9.59 Å². The average Bonchev–Trinajstić information content (AvgIpc) is 2.55. The third kappa shape index (κ3) is 5.59. The molecule has 2 N–H and O–H groups in total. The molecule has 1 aliphatic heterocycles. The van der Waals surface area contributed by atoms with Crippen molar-refractivity contribution in [1.82, 2.24) is 9.62 Å². The van der Waals surface area contributed by atoms with Crippen molar-refractivity contribution >= 4 is 21.9 Å². The van der Waals surface area contributed by atoms with Gasteiger partial charge in [0, 0.05) is 13.1 Å². The lowest BCUT2D eigenvalue weighted by Gasteiger charge is -2.28. The summed E-state index contributed by atoms with van der Waals surface area (Å²) >= 11 is 0. The number of morpholine rings is 1. The number of hydrogen-bond donors (Lipinski definition) is 2. The number of nitrogens with one attached hydrogen (secondary N) is 1. The first-order valence-corrected chi connectivity index (χ1v) is 9.15. The smallest absolute Gasteiger partial charge is 0.322 e. The van der Waals surface area contributed by atoms with Crippen molar-refractivity contribution in [1.29, 1.82) is 0 Å². The van der Waals surface area contributed by atoms with E-state index in [1.54, 1.807) is 30.3 Å². The molecule has 0 saturated carbocycles. The van der Waals surface area contributed by atoms with Gasteiger partial charge >= 0.3 is 5.97 Å². The number of carbonyl (C=O) groups excluding carboxylic acids is 1. The number of carbonyl (C=O) groups is 2. The Morgan fingerprint density at radius 1 is 1.21 bits per heavy atom. The molecular formula is C15H20N2O6S. The second-order valence-corrected chi connectivity index (χ2v) is 7.20. The lowest BCUT2D eigenvalue weighted by Crippen LogP contribution is -2.47. The van der Waals surface area contributed by atoms with E-state index in [0.717, 1.165) is 0 Å². The maximum atomic E-state index is 12.2. The monoisotopic (exact) mass is 356 g/mol. The van der Waals surface area contributed by atoms with Gasteiger partial charge in [0.05, 0.1) is 25.4 Å². The third-order valence-corrected chi connectivity index (χ3v) is 4.92. The van der Waals surface area contributed by atoms with Gasteiger partial charge in [0.15, 0.2) is 0 Å². The Morgan fingerprint density at radius 2 is 1.83 bits per heavy atom. The molecule has 1 unspecified atom stereocenters. The predicted molar refractivity (Wildman–Crippen MR) is 85.6 cm³/mol. The number of ether oxygens (including phenoxy) is 1. The summed E-state index contributed by atoms with van der Waals surface area (Å²) in [7, 11) is -3.88. The molecule has 0 aromatic heterocycles. The van der Waals surface area contributed by atoms with Crippen LogP contribution >= 0.6 is 0 Å². The largest absolute Gasteiger partial charge is 0.480 e. The summed E-state index contributed by atoms with van der Waals surface area (Å²) in [6.07, 6.45) is -0.427. The van der Waals surface area contributed by atoms with Crippen LogP contribution in [0.5, 0.6) is 0 Å². The second-order valence-electron chi connectivity index (χ2n) is 5.45. The molecule has 1 aromatic carbocycles. The molecule has 0 aliphatic carbocycles. The predicted octanol–water partition coefficient (Wildman–Crippen LogP) is -0.192. The Hall–Kier alpha value is -1.97. The fourth-order valence-electron chi connectivity index (χ4n) is 2.35. The van der Waals surface area contributed by atoms with Crippen LogP contribution in [-0.4, -0.2) is 62.6 Å². The number of carboxylic acids is 1. The summed E-state index contributed by atoms with van der Waals surface area (Å²) in [5.74, 6) is -2.13. The molecular weight excluding hydrogens is 336 g/mol. The highest BCUT2D eigenvalue weighted by molar-refractivity contribution is 7.88. The van der Waals surface area contributed by atoms with Crippen LogP contribution in [0, 0.1) is 0 Å². The summed E-state index contributed by atoms with van der Waals surface area (Å²) in [4.78, 5) is 24.9. The molecule has 1 heterocycles. The van der Waals surface area contributed by atoms with Gasteiger partial charge in [-0.1, -0.05) is 30.3 Å². The zero-order valence-electron chi connectivity index (χ0n) is 13.1. The van der Waals surface area contributed by atoms with Crippen LogP contribution in [0.25, 0.3) is 0 Å². The molecule has 1 aliphatic rings. The number of sulfonamides is 1. The summed E-state index contributed by atoms with van der Waals surface area (Å²) in [5.41, 5.74) is 0.536. The van der Waals surface area contributed by atoms with Gasteiger partial charge < -0.3 is 14.7 Å². The lowest BCUT2D eigenvalue weighted by atomic mass is 10.2. The molecule has 2 rings (SSSR count). The standard InChI is InChI=1S/C15H20N2O6S/c18-14(17-6-8-23-9-7-17)10-13(15(19)20)16-24(21,22)11-12-4-2-1-3-5-12/h1-5,13,16H,6-11H2,(H,19,20). The average molecular weight is 356 g/mol. The van der Waals surface area contributed by atoms with E-state index >= 15 is 0 Å². The molecule has 1 saturated heterocycles. The highest BCUT2D eigenvalue weighted by Gasteiger charge is 2.29. The molecule has 0 spiro atoms. The lowest BCUT2D eigenvalue weighted by molar-refractivity contribution is -0.144. The number of carboxylic acid groups (broad SMARTS) is 1. The Bertz CT molecular complexity index is 670. The molecule has 0 radical (unpaired) electrons. The number of benzene rings is 1. The van der Waals surface area contributed by atoms with Crippen molar-refractivity contribution < 1.29 is 27.9 Å². The van der Waals surface area contributed by atoms with Crippen LogP contribution in [0.15, 0.2) is 30.3 Å². The zero-order chi connectivity index (χ0) is 17.6. The number of amides is 1. The molecule has 1 aromatic rings. The highest BCUT2D eigenvalue weighted by Crippen LogP contribution is 2.08. The Labute approximate surface area is 140 Å². The minimum absolute atomic E-state index is 0.344. The number of nitrogens with zero attached hydrogens (tertiary/aromatic N) is 1. The van der Waals surface area contributed by atoms with Gasteiger partial charge in [0.1, 0.15) is 6.04 Å². The van der Waals surface area contributed by atoms with Crippen LogP contribution in [0.4, 0.5) is 0 Å². The maximum Gasteiger partial charge on any atom is 0.322 e. The van der Waals surface area contributed by atoms with Crippen molar-refractivity contribution in [2.45, 2.75) is 18.2 Å². The van der Waals surface area contributed by atoms with E-state index in [4.69, 9.17) is 4.74 Å². The molecule has 24 heavy (non-hydrogen) atoms. The van der Waals surface area contributed by atoms with Crippen molar-refractivity contribution in [3.8, 4) is 0 Å². The summed E-state index contributed by atoms with van der Waals surface area (Å²) in [5, 5.41) is 9.23. The van der Waals surface area contributed by atoms with Gasteiger partial charge in [-0.25, -0.2) is 13.1 Å². The molecule has 8 nitrogen and oxygen atoms in total. The van der Waals surface area contributed by atoms with Crippen LogP contribution in [-0.2, 0) is 30.1 Å². The first-order chi connectivity index (χ1) is 11.4. The van der Waals surface area contributed by atoms with E-state index in [1.807, 2.05) is 0 Å². The topological polar surface area (TPSA) is 113 Å². The SMILES string of the molecule is O=C(O)C(CC(=O)N1CCOCC1)NS(=O)(=O)Cc1ccccc1. The molecule has 9 heteroatoms. The summed E-state index contributed by atoms with van der Waals surface area (Å²) in [6.45, 7) is 1.54. The Kier molecular flexibility index (Phi) is 6.29. The van der Waals surface area contributed by atoms with Gasteiger partial charge in [-0.05, 0) is 5.56 Å². The number of aliphatic carboxylic acids is 1. The summed E-state index contributed by atoms with van der Waals surface area (Å²) < 4.78 is 31.5. The fourth-order valence-corrected chi connectivity index (χ4v) is 3.68. The van der Waals surface area contributed by atoms with Gasteiger partial charge in [-0.15, -0.1) is 0 Å². The van der Waals surface area contributed by atoms with Crippen molar-refractivity contribution in [2.75, 3.05) is 26.3 Å². The van der Waals surface area contributed by atoms with Crippen LogP contribution in [0.3, 0.4) is 0 Å². The van der Waals surface area contributed by atoms with Crippen LogP contribution in [0.1, 0.15) is 12.0 Å². The third-order valence-electron chi connectivity index (χ3n) is 3.56. The minimum Gasteiger partial charge on any atom is -0.480 e. The normalized spacial score (nSPS) is 16.6.